The second kappa shape index (κ2) is 12.5. The topological polar surface area (TPSA) is 54.0 Å². The van der Waals surface area contributed by atoms with E-state index >= 15 is 0 Å². The van der Waals surface area contributed by atoms with E-state index < -0.39 is 0 Å². The molecule has 8 heteroatoms. The number of anilines is 2. The molecule has 0 atom stereocenters. The summed E-state index contributed by atoms with van der Waals surface area (Å²) in [5.74, 6) is 0.562. The lowest BCUT2D eigenvalue weighted by molar-refractivity contribution is -0.118. The van der Waals surface area contributed by atoms with Crippen molar-refractivity contribution < 1.29 is 18.7 Å². The molecule has 0 bridgehead atoms. The van der Waals surface area contributed by atoms with Crippen LogP contribution in [0.3, 0.4) is 0 Å². The molecule has 0 radical (unpaired) electrons. The minimum atomic E-state index is -0.245. The van der Waals surface area contributed by atoms with Gasteiger partial charge in [0.1, 0.15) is 10.8 Å². The van der Waals surface area contributed by atoms with E-state index in [1.165, 1.54) is 17.7 Å². The summed E-state index contributed by atoms with van der Waals surface area (Å²) in [6.45, 7) is 7.42. The van der Waals surface area contributed by atoms with E-state index in [-0.39, 0.29) is 18.3 Å². The van der Waals surface area contributed by atoms with Gasteiger partial charge in [0.05, 0.1) is 6.61 Å². The van der Waals surface area contributed by atoms with Gasteiger partial charge in [-0.2, -0.15) is 0 Å². The Morgan fingerprint density at radius 2 is 1.62 bits per heavy atom. The maximum atomic E-state index is 13.2. The summed E-state index contributed by atoms with van der Waals surface area (Å²) in [6, 6.07) is 19.9. The standard InChI is InChI=1S/C29H32FN3O3S/c1-3-21-5-10-24(11-6-21)31-28(34)20-36-26-14-7-22(19-27(26)35-4-2)29(37)33-17-15-32(16-18-33)25-12-8-23(30)9-13-25/h5-14,19H,3-4,15-18,20H2,1-2H3,(H,31,34). The summed E-state index contributed by atoms with van der Waals surface area (Å²) < 4.78 is 24.8. The number of hydrogen-bond acceptors (Lipinski definition) is 5. The molecule has 1 saturated heterocycles. The maximum Gasteiger partial charge on any atom is 0.262 e. The van der Waals surface area contributed by atoms with Gasteiger partial charge in [-0.1, -0.05) is 31.3 Å². The largest absolute Gasteiger partial charge is 0.490 e. The number of rotatable bonds is 9. The number of ether oxygens (including phenoxy) is 2. The number of nitrogens with zero attached hydrogens (tertiary/aromatic N) is 2. The molecule has 0 spiro atoms. The summed E-state index contributed by atoms with van der Waals surface area (Å²) in [6.07, 6.45) is 0.948. The molecule has 1 N–H and O–H groups in total. The Balaban J connectivity index is 1.35. The van der Waals surface area contributed by atoms with Gasteiger partial charge in [0, 0.05) is 43.1 Å². The molecular formula is C29H32FN3O3S. The zero-order valence-corrected chi connectivity index (χ0v) is 22.0. The van der Waals surface area contributed by atoms with Gasteiger partial charge in [0.2, 0.25) is 0 Å². The van der Waals surface area contributed by atoms with Crippen LogP contribution < -0.4 is 19.7 Å². The first-order valence-corrected chi connectivity index (χ1v) is 13.0. The van der Waals surface area contributed by atoms with Crippen molar-refractivity contribution in [1.82, 2.24) is 4.90 Å². The number of aryl methyl sites for hydroxylation is 1. The normalized spacial score (nSPS) is 13.3. The van der Waals surface area contributed by atoms with Crippen LogP contribution in [0.2, 0.25) is 0 Å². The molecular weight excluding hydrogens is 489 g/mol. The molecule has 3 aromatic rings. The van der Waals surface area contributed by atoms with Gasteiger partial charge >= 0.3 is 0 Å². The fourth-order valence-electron chi connectivity index (χ4n) is 4.20. The summed E-state index contributed by atoms with van der Waals surface area (Å²) in [4.78, 5) is 17.5. The number of benzene rings is 3. The number of amides is 1. The van der Waals surface area contributed by atoms with E-state index in [1.54, 1.807) is 18.2 Å². The summed E-state index contributed by atoms with van der Waals surface area (Å²) in [5.41, 5.74) is 3.81. The molecule has 4 rings (SSSR count). The zero-order chi connectivity index (χ0) is 26.2. The van der Waals surface area contributed by atoms with Gasteiger partial charge in [0.15, 0.2) is 18.1 Å². The first-order chi connectivity index (χ1) is 18.0. The molecule has 1 aliphatic heterocycles. The van der Waals surface area contributed by atoms with Crippen LogP contribution in [-0.4, -0.2) is 55.2 Å². The first kappa shape index (κ1) is 26.4. The quantitative estimate of drug-likeness (QED) is 0.386. The molecule has 1 aliphatic rings. The van der Waals surface area contributed by atoms with Crippen molar-refractivity contribution in [3.63, 3.8) is 0 Å². The van der Waals surface area contributed by atoms with E-state index in [1.807, 2.05) is 43.3 Å². The van der Waals surface area contributed by atoms with Crippen molar-refractivity contribution in [2.24, 2.45) is 0 Å². The van der Waals surface area contributed by atoms with Crippen LogP contribution in [0.25, 0.3) is 0 Å². The molecule has 0 unspecified atom stereocenters. The minimum Gasteiger partial charge on any atom is -0.490 e. The molecule has 6 nitrogen and oxygen atoms in total. The molecule has 0 aliphatic carbocycles. The van der Waals surface area contributed by atoms with E-state index in [9.17, 15) is 9.18 Å². The molecule has 37 heavy (non-hydrogen) atoms. The van der Waals surface area contributed by atoms with E-state index in [2.05, 4.69) is 22.0 Å². The van der Waals surface area contributed by atoms with Crippen LogP contribution >= 0.6 is 12.2 Å². The monoisotopic (exact) mass is 521 g/mol. The molecule has 194 valence electrons. The minimum absolute atomic E-state index is 0.134. The molecule has 0 saturated carbocycles. The van der Waals surface area contributed by atoms with Crippen molar-refractivity contribution in [2.75, 3.05) is 49.6 Å². The molecule has 0 aromatic heterocycles. The van der Waals surface area contributed by atoms with Crippen molar-refractivity contribution in [2.45, 2.75) is 20.3 Å². The number of carbonyl (C=O) groups excluding carboxylic acids is 1. The van der Waals surface area contributed by atoms with Crippen molar-refractivity contribution >= 4 is 34.5 Å². The highest BCUT2D eigenvalue weighted by atomic mass is 32.1. The van der Waals surface area contributed by atoms with Gasteiger partial charge < -0.3 is 24.6 Å². The summed E-state index contributed by atoms with van der Waals surface area (Å²) in [7, 11) is 0. The van der Waals surface area contributed by atoms with Crippen molar-refractivity contribution in [3.8, 4) is 11.5 Å². The van der Waals surface area contributed by atoms with Crippen LogP contribution in [0, 0.1) is 5.82 Å². The highest BCUT2D eigenvalue weighted by Gasteiger charge is 2.21. The Morgan fingerprint density at radius 3 is 2.27 bits per heavy atom. The SMILES string of the molecule is CCOc1cc(C(=S)N2CCN(c3ccc(F)cc3)CC2)ccc1OCC(=O)Nc1ccc(CC)cc1. The van der Waals surface area contributed by atoms with Gasteiger partial charge in [0.25, 0.3) is 5.91 Å². The third-order valence-electron chi connectivity index (χ3n) is 6.25. The first-order valence-electron chi connectivity index (χ1n) is 12.5. The lowest BCUT2D eigenvalue weighted by Gasteiger charge is -2.37. The summed E-state index contributed by atoms with van der Waals surface area (Å²) >= 11 is 5.79. The Hall–Kier alpha value is -3.65. The highest BCUT2D eigenvalue weighted by Crippen LogP contribution is 2.30. The highest BCUT2D eigenvalue weighted by molar-refractivity contribution is 7.80. The fourth-order valence-corrected chi connectivity index (χ4v) is 4.50. The second-order valence-corrected chi connectivity index (χ2v) is 9.12. The molecule has 1 amide bonds. The van der Waals surface area contributed by atoms with E-state index in [0.717, 1.165) is 54.5 Å². The molecule has 1 fully saturated rings. The predicted molar refractivity (Wildman–Crippen MR) is 149 cm³/mol. The molecule has 1 heterocycles. The van der Waals surface area contributed by atoms with E-state index in [0.29, 0.717) is 18.1 Å². The van der Waals surface area contributed by atoms with Crippen molar-refractivity contribution in [1.29, 1.82) is 0 Å². The lowest BCUT2D eigenvalue weighted by atomic mass is 10.1. The average molecular weight is 522 g/mol. The van der Waals surface area contributed by atoms with Gasteiger partial charge in [-0.3, -0.25) is 4.79 Å². The third-order valence-corrected chi connectivity index (χ3v) is 6.75. The Labute approximate surface area is 223 Å². The van der Waals surface area contributed by atoms with Crippen LogP contribution in [-0.2, 0) is 11.2 Å². The van der Waals surface area contributed by atoms with Gasteiger partial charge in [-0.15, -0.1) is 0 Å². The molecule has 3 aromatic carbocycles. The maximum absolute atomic E-state index is 13.2. The van der Waals surface area contributed by atoms with Crippen LogP contribution in [0.4, 0.5) is 15.8 Å². The Kier molecular flexibility index (Phi) is 8.95. The Bertz CT molecular complexity index is 1210. The van der Waals surface area contributed by atoms with Crippen LogP contribution in [0.15, 0.2) is 66.7 Å². The number of nitrogens with one attached hydrogen (secondary N) is 1. The van der Waals surface area contributed by atoms with Crippen LogP contribution in [0.5, 0.6) is 11.5 Å². The predicted octanol–water partition coefficient (Wildman–Crippen LogP) is 5.30. The number of piperazine rings is 1. The number of carbonyl (C=O) groups is 1. The van der Waals surface area contributed by atoms with E-state index in [4.69, 9.17) is 21.7 Å². The third kappa shape index (κ3) is 6.98. The zero-order valence-electron chi connectivity index (χ0n) is 21.2. The second-order valence-electron chi connectivity index (χ2n) is 8.74. The lowest BCUT2D eigenvalue weighted by Crippen LogP contribution is -2.48. The smallest absolute Gasteiger partial charge is 0.262 e. The number of hydrogen-bond donors (Lipinski definition) is 1. The van der Waals surface area contributed by atoms with Crippen LogP contribution in [0.1, 0.15) is 25.0 Å². The fraction of sp³-hybridized carbons (Fsp3) is 0.310. The average Bonchev–Trinajstić information content (AvgIpc) is 2.93. The van der Waals surface area contributed by atoms with Gasteiger partial charge in [-0.05, 0) is 73.5 Å². The number of halogens is 1. The van der Waals surface area contributed by atoms with Crippen molar-refractivity contribution in [3.05, 3.63) is 83.7 Å². The van der Waals surface area contributed by atoms with Gasteiger partial charge in [-0.25, -0.2) is 4.39 Å². The Morgan fingerprint density at radius 1 is 0.919 bits per heavy atom. The number of thiocarbonyl (C=S) groups is 1. The summed E-state index contributed by atoms with van der Waals surface area (Å²) in [5, 5.41) is 2.85.